The quantitative estimate of drug-likeness (QED) is 0.716. The Kier molecular flexibility index (Phi) is 4.46. The molecule has 0 aliphatic carbocycles. The first kappa shape index (κ1) is 14.7. The van der Waals surface area contributed by atoms with E-state index in [0.717, 1.165) is 23.9 Å². The molecule has 2 rings (SSSR count). The van der Waals surface area contributed by atoms with Crippen molar-refractivity contribution in [3.05, 3.63) is 27.2 Å². The van der Waals surface area contributed by atoms with Crippen LogP contribution in [0.15, 0.2) is 16.6 Å². The summed E-state index contributed by atoms with van der Waals surface area (Å²) < 4.78 is 16.8. The number of halogens is 2. The SMILES string of the molecule is CC(C)CCC(C)n1c(=S)[nH]c2cc(Br)c(F)cc21. The predicted molar refractivity (Wildman–Crippen MR) is 83.6 cm³/mol. The van der Waals surface area contributed by atoms with Crippen LogP contribution in [0, 0.1) is 16.5 Å². The molecule has 1 aromatic carbocycles. The van der Waals surface area contributed by atoms with Crippen LogP contribution in [0.3, 0.4) is 0 Å². The minimum atomic E-state index is -0.258. The standard InChI is InChI=1S/C14H18BrFN2S/c1-8(2)4-5-9(3)18-13-7-11(16)10(15)6-12(13)17-14(18)19/h6-9H,4-5H2,1-3H3,(H,17,19). The molecule has 0 aliphatic rings. The first-order valence-corrected chi connectivity index (χ1v) is 7.69. The minimum Gasteiger partial charge on any atom is -0.331 e. The van der Waals surface area contributed by atoms with E-state index in [9.17, 15) is 4.39 Å². The summed E-state index contributed by atoms with van der Waals surface area (Å²) in [6.07, 6.45) is 2.17. The van der Waals surface area contributed by atoms with E-state index in [2.05, 4.69) is 41.7 Å². The van der Waals surface area contributed by atoms with Crippen LogP contribution in [0.5, 0.6) is 0 Å². The maximum absolute atomic E-state index is 13.7. The van der Waals surface area contributed by atoms with Crippen LogP contribution in [0.25, 0.3) is 11.0 Å². The van der Waals surface area contributed by atoms with Crippen LogP contribution in [0.4, 0.5) is 4.39 Å². The molecule has 1 aromatic heterocycles. The molecule has 2 aromatic rings. The number of hydrogen-bond donors (Lipinski definition) is 1. The number of aromatic nitrogens is 2. The van der Waals surface area contributed by atoms with E-state index >= 15 is 0 Å². The topological polar surface area (TPSA) is 20.7 Å². The lowest BCUT2D eigenvalue weighted by Gasteiger charge is -2.16. The van der Waals surface area contributed by atoms with Gasteiger partial charge in [0.2, 0.25) is 0 Å². The summed E-state index contributed by atoms with van der Waals surface area (Å²) in [5, 5.41) is 0. The second-order valence-corrected chi connectivity index (χ2v) is 6.64. The van der Waals surface area contributed by atoms with Crippen molar-refractivity contribution in [2.24, 2.45) is 5.92 Å². The van der Waals surface area contributed by atoms with Crippen LogP contribution in [-0.2, 0) is 0 Å². The normalized spacial score (nSPS) is 13.4. The molecule has 5 heteroatoms. The Bertz CT molecular complexity index is 645. The summed E-state index contributed by atoms with van der Waals surface area (Å²) in [7, 11) is 0. The Morgan fingerprint density at radius 2 is 2.00 bits per heavy atom. The van der Waals surface area contributed by atoms with Gasteiger partial charge in [-0.25, -0.2) is 4.39 Å². The van der Waals surface area contributed by atoms with Gasteiger partial charge in [0.15, 0.2) is 4.77 Å². The Balaban J connectivity index is 2.45. The highest BCUT2D eigenvalue weighted by molar-refractivity contribution is 9.10. The summed E-state index contributed by atoms with van der Waals surface area (Å²) in [4.78, 5) is 3.14. The number of benzene rings is 1. The third kappa shape index (κ3) is 3.08. The molecule has 0 spiro atoms. The van der Waals surface area contributed by atoms with Gasteiger partial charge in [-0.05, 0) is 59.9 Å². The molecule has 1 unspecified atom stereocenters. The molecule has 104 valence electrons. The average Bonchev–Trinajstić information content (AvgIpc) is 2.62. The van der Waals surface area contributed by atoms with E-state index in [1.807, 2.05) is 4.57 Å². The molecular formula is C14H18BrFN2S. The van der Waals surface area contributed by atoms with E-state index in [0.29, 0.717) is 15.2 Å². The highest BCUT2D eigenvalue weighted by Crippen LogP contribution is 2.27. The van der Waals surface area contributed by atoms with Gasteiger partial charge in [-0.2, -0.15) is 0 Å². The largest absolute Gasteiger partial charge is 0.331 e. The summed E-state index contributed by atoms with van der Waals surface area (Å²) in [6.45, 7) is 6.54. The first-order chi connectivity index (χ1) is 8.90. The third-order valence-corrected chi connectivity index (χ3v) is 4.27. The van der Waals surface area contributed by atoms with E-state index in [1.54, 1.807) is 6.07 Å². The number of fused-ring (bicyclic) bond motifs is 1. The summed E-state index contributed by atoms with van der Waals surface area (Å²) in [5.41, 5.74) is 1.71. The van der Waals surface area contributed by atoms with Crippen molar-refractivity contribution in [2.45, 2.75) is 39.7 Å². The molecule has 1 N–H and O–H groups in total. The summed E-state index contributed by atoms with van der Waals surface area (Å²) in [6, 6.07) is 3.55. The molecule has 19 heavy (non-hydrogen) atoms. The van der Waals surface area contributed by atoms with E-state index < -0.39 is 0 Å². The Labute approximate surface area is 126 Å². The van der Waals surface area contributed by atoms with Crippen LogP contribution >= 0.6 is 28.1 Å². The van der Waals surface area contributed by atoms with Gasteiger partial charge in [0.05, 0.1) is 15.5 Å². The zero-order valence-corrected chi connectivity index (χ0v) is 13.7. The molecule has 1 heterocycles. The van der Waals surface area contributed by atoms with Crippen molar-refractivity contribution in [3.8, 4) is 0 Å². The highest BCUT2D eigenvalue weighted by Gasteiger charge is 2.13. The molecule has 0 amide bonds. The average molecular weight is 345 g/mol. The van der Waals surface area contributed by atoms with Gasteiger partial charge >= 0.3 is 0 Å². The highest BCUT2D eigenvalue weighted by atomic mass is 79.9. The van der Waals surface area contributed by atoms with Crippen molar-refractivity contribution >= 4 is 39.2 Å². The van der Waals surface area contributed by atoms with Crippen molar-refractivity contribution in [1.29, 1.82) is 0 Å². The van der Waals surface area contributed by atoms with Crippen LogP contribution in [-0.4, -0.2) is 9.55 Å². The Morgan fingerprint density at radius 3 is 2.63 bits per heavy atom. The maximum Gasteiger partial charge on any atom is 0.178 e. The lowest BCUT2D eigenvalue weighted by molar-refractivity contribution is 0.443. The van der Waals surface area contributed by atoms with Gasteiger partial charge in [0.25, 0.3) is 0 Å². The number of rotatable bonds is 4. The fourth-order valence-corrected chi connectivity index (χ4v) is 2.99. The zero-order valence-electron chi connectivity index (χ0n) is 11.3. The molecule has 1 atom stereocenters. The second kappa shape index (κ2) is 5.75. The monoisotopic (exact) mass is 344 g/mol. The van der Waals surface area contributed by atoms with Gasteiger partial charge in [-0.15, -0.1) is 0 Å². The van der Waals surface area contributed by atoms with Gasteiger partial charge in [-0.3, -0.25) is 0 Å². The molecule has 0 fully saturated rings. The van der Waals surface area contributed by atoms with Gasteiger partial charge in [0.1, 0.15) is 5.82 Å². The second-order valence-electron chi connectivity index (χ2n) is 5.40. The first-order valence-electron chi connectivity index (χ1n) is 6.49. The van der Waals surface area contributed by atoms with E-state index in [-0.39, 0.29) is 11.9 Å². The molecule has 0 aliphatic heterocycles. The van der Waals surface area contributed by atoms with Crippen molar-refractivity contribution in [2.75, 3.05) is 0 Å². The summed E-state index contributed by atoms with van der Waals surface area (Å²) >= 11 is 8.56. The van der Waals surface area contributed by atoms with Crippen molar-refractivity contribution in [3.63, 3.8) is 0 Å². The fourth-order valence-electron chi connectivity index (χ4n) is 2.26. The van der Waals surface area contributed by atoms with Crippen molar-refractivity contribution < 1.29 is 4.39 Å². The smallest absolute Gasteiger partial charge is 0.178 e. The van der Waals surface area contributed by atoms with Gasteiger partial charge in [0, 0.05) is 12.1 Å². The molecule has 0 saturated heterocycles. The number of nitrogens with zero attached hydrogens (tertiary/aromatic N) is 1. The Morgan fingerprint density at radius 1 is 1.32 bits per heavy atom. The predicted octanol–water partition coefficient (Wildman–Crippen LogP) is 5.60. The fraction of sp³-hybridized carbons (Fsp3) is 0.500. The summed E-state index contributed by atoms with van der Waals surface area (Å²) in [5.74, 6) is 0.402. The van der Waals surface area contributed by atoms with Gasteiger partial charge < -0.3 is 9.55 Å². The minimum absolute atomic E-state index is 0.258. The number of hydrogen-bond acceptors (Lipinski definition) is 1. The lowest BCUT2D eigenvalue weighted by atomic mass is 10.0. The molecule has 0 bridgehead atoms. The number of aromatic amines is 1. The van der Waals surface area contributed by atoms with Crippen LogP contribution < -0.4 is 0 Å². The number of H-pyrrole nitrogens is 1. The lowest BCUT2D eigenvalue weighted by Crippen LogP contribution is -2.06. The zero-order chi connectivity index (χ0) is 14.2. The molecule has 0 radical (unpaired) electrons. The number of nitrogens with one attached hydrogen (secondary N) is 1. The van der Waals surface area contributed by atoms with E-state index in [1.165, 1.54) is 6.07 Å². The third-order valence-electron chi connectivity index (χ3n) is 3.36. The maximum atomic E-state index is 13.7. The van der Waals surface area contributed by atoms with Crippen molar-refractivity contribution in [1.82, 2.24) is 9.55 Å². The molecule has 2 nitrogen and oxygen atoms in total. The van der Waals surface area contributed by atoms with Crippen LogP contribution in [0.2, 0.25) is 0 Å². The van der Waals surface area contributed by atoms with E-state index in [4.69, 9.17) is 12.2 Å². The molecule has 0 saturated carbocycles. The number of imidazole rings is 1. The van der Waals surface area contributed by atoms with Gasteiger partial charge in [-0.1, -0.05) is 13.8 Å². The van der Waals surface area contributed by atoms with Crippen LogP contribution in [0.1, 0.15) is 39.7 Å². The Hall–Kier alpha value is -0.680. The molecular weight excluding hydrogens is 327 g/mol.